The average molecular weight is 342 g/mol. The number of methoxy groups -OCH3 is 1. The molecular weight excluding hydrogens is 324 g/mol. The molecule has 9 heteroatoms. The van der Waals surface area contributed by atoms with Crippen molar-refractivity contribution in [1.82, 2.24) is 29.0 Å². The molecular formula is C16H18N6O3. The zero-order chi connectivity index (χ0) is 17.4. The Morgan fingerprint density at radius 1 is 1.44 bits per heavy atom. The third kappa shape index (κ3) is 2.72. The van der Waals surface area contributed by atoms with Gasteiger partial charge in [-0.15, -0.1) is 5.10 Å². The largest absolute Gasteiger partial charge is 0.380 e. The highest BCUT2D eigenvalue weighted by atomic mass is 16.5. The first kappa shape index (κ1) is 15.6. The number of likely N-dealkylation sites (tertiary alicyclic amines) is 1. The van der Waals surface area contributed by atoms with Crippen LogP contribution < -0.4 is 5.69 Å². The fraction of sp³-hybridized carbons (Fsp3) is 0.375. The molecule has 0 aromatic carbocycles. The maximum Gasteiger partial charge on any atom is 0.350 e. The quantitative estimate of drug-likeness (QED) is 0.731. The molecule has 0 aliphatic carbocycles. The molecule has 0 spiro atoms. The molecule has 1 fully saturated rings. The van der Waals surface area contributed by atoms with Crippen LogP contribution in [0.5, 0.6) is 0 Å². The Kier molecular flexibility index (Phi) is 3.85. The van der Waals surface area contributed by atoms with E-state index >= 15 is 0 Å². The van der Waals surface area contributed by atoms with Gasteiger partial charge in [0, 0.05) is 38.7 Å². The molecule has 4 heterocycles. The first-order chi connectivity index (χ1) is 12.2. The summed E-state index contributed by atoms with van der Waals surface area (Å²) in [5.41, 5.74) is 0.181. The second-order valence-corrected chi connectivity index (χ2v) is 6.00. The van der Waals surface area contributed by atoms with Gasteiger partial charge in [0.15, 0.2) is 5.65 Å². The number of H-pyrrole nitrogens is 1. The van der Waals surface area contributed by atoms with Crippen LogP contribution in [-0.2, 0) is 16.1 Å². The number of fused-ring (bicyclic) bond motifs is 1. The number of nitrogens with one attached hydrogen (secondary N) is 1. The normalized spacial score (nSPS) is 20.4. The summed E-state index contributed by atoms with van der Waals surface area (Å²) < 4.78 is 8.03. The predicted octanol–water partition coefficient (Wildman–Crippen LogP) is 0.208. The Balaban J connectivity index is 1.60. The van der Waals surface area contributed by atoms with Gasteiger partial charge in [-0.1, -0.05) is 6.07 Å². The van der Waals surface area contributed by atoms with Crippen LogP contribution >= 0.6 is 0 Å². The number of aromatic amines is 1. The van der Waals surface area contributed by atoms with E-state index in [1.165, 1.54) is 9.08 Å². The van der Waals surface area contributed by atoms with Crippen LogP contribution in [0.3, 0.4) is 0 Å². The Morgan fingerprint density at radius 2 is 2.32 bits per heavy atom. The van der Waals surface area contributed by atoms with Gasteiger partial charge in [0.25, 0.3) is 0 Å². The maximum atomic E-state index is 12.8. The van der Waals surface area contributed by atoms with Crippen molar-refractivity contribution in [2.75, 3.05) is 13.7 Å². The number of nitrogens with zero attached hydrogens (tertiary/aromatic N) is 5. The molecule has 1 aliphatic heterocycles. The summed E-state index contributed by atoms with van der Waals surface area (Å²) in [5, 5.41) is 4.22. The molecule has 0 radical (unpaired) electrons. The number of aromatic nitrogens is 5. The Morgan fingerprint density at radius 3 is 3.04 bits per heavy atom. The summed E-state index contributed by atoms with van der Waals surface area (Å²) in [7, 11) is 1.63. The lowest BCUT2D eigenvalue weighted by atomic mass is 10.2. The van der Waals surface area contributed by atoms with Gasteiger partial charge in [-0.2, -0.15) is 0 Å². The first-order valence-electron chi connectivity index (χ1n) is 8.03. The minimum Gasteiger partial charge on any atom is -0.380 e. The molecule has 1 unspecified atom stereocenters. The third-order valence-electron chi connectivity index (χ3n) is 4.52. The molecule has 130 valence electrons. The van der Waals surface area contributed by atoms with E-state index in [1.54, 1.807) is 48.8 Å². The van der Waals surface area contributed by atoms with E-state index in [-0.39, 0.29) is 30.3 Å². The minimum absolute atomic E-state index is 0.0585. The molecule has 3 aromatic rings. The van der Waals surface area contributed by atoms with Crippen LogP contribution in [0.4, 0.5) is 0 Å². The van der Waals surface area contributed by atoms with Crippen LogP contribution in [0.1, 0.15) is 18.3 Å². The molecule has 4 rings (SSSR count). The van der Waals surface area contributed by atoms with Gasteiger partial charge in [-0.05, 0) is 12.1 Å². The molecule has 1 aliphatic rings. The lowest BCUT2D eigenvalue weighted by molar-refractivity contribution is -0.133. The fourth-order valence-electron chi connectivity index (χ4n) is 3.25. The summed E-state index contributed by atoms with van der Waals surface area (Å²) in [6.07, 6.45) is 5.62. The molecule has 3 aromatic heterocycles. The zero-order valence-corrected chi connectivity index (χ0v) is 13.7. The van der Waals surface area contributed by atoms with E-state index in [2.05, 4.69) is 15.1 Å². The van der Waals surface area contributed by atoms with E-state index in [9.17, 15) is 9.59 Å². The topological polar surface area (TPSA) is 97.5 Å². The van der Waals surface area contributed by atoms with Crippen molar-refractivity contribution in [1.29, 1.82) is 0 Å². The Bertz CT molecular complexity index is 944. The lowest BCUT2D eigenvalue weighted by Crippen LogP contribution is -2.37. The van der Waals surface area contributed by atoms with Crippen molar-refractivity contribution in [3.8, 4) is 0 Å². The maximum absolute atomic E-state index is 12.8. The Labute approximate surface area is 142 Å². The van der Waals surface area contributed by atoms with Crippen molar-refractivity contribution in [3.63, 3.8) is 0 Å². The number of hydrogen-bond acceptors (Lipinski definition) is 5. The standard InChI is InChI=1S/C16H18N6O3/c1-25-11-8-12(15-17-5-6-18-15)21(9-11)14(23)10-22-16(24)20-7-3-2-4-13(20)19-22/h2-7,11-12H,8-10H2,1H3,(H,17,18)/t11-,12?/m1/s1. The monoisotopic (exact) mass is 342 g/mol. The number of rotatable bonds is 4. The van der Waals surface area contributed by atoms with Crippen molar-refractivity contribution >= 4 is 11.6 Å². The summed E-state index contributed by atoms with van der Waals surface area (Å²) >= 11 is 0. The van der Waals surface area contributed by atoms with Crippen LogP contribution in [0.15, 0.2) is 41.6 Å². The fourth-order valence-corrected chi connectivity index (χ4v) is 3.25. The summed E-state index contributed by atoms with van der Waals surface area (Å²) in [4.78, 5) is 34.2. The number of imidazole rings is 1. The molecule has 2 atom stereocenters. The average Bonchev–Trinajstić information content (AvgIpc) is 3.34. The zero-order valence-electron chi connectivity index (χ0n) is 13.7. The molecule has 1 saturated heterocycles. The van der Waals surface area contributed by atoms with Gasteiger partial charge in [0.2, 0.25) is 5.91 Å². The molecule has 9 nitrogen and oxygen atoms in total. The van der Waals surface area contributed by atoms with Crippen LogP contribution in [0.25, 0.3) is 5.65 Å². The van der Waals surface area contributed by atoms with Crippen LogP contribution in [0, 0.1) is 0 Å². The predicted molar refractivity (Wildman–Crippen MR) is 87.9 cm³/mol. The Hall–Kier alpha value is -2.94. The molecule has 0 bridgehead atoms. The van der Waals surface area contributed by atoms with Crippen molar-refractivity contribution < 1.29 is 9.53 Å². The highest BCUT2D eigenvalue weighted by molar-refractivity contribution is 5.76. The number of hydrogen-bond donors (Lipinski definition) is 1. The van der Waals surface area contributed by atoms with E-state index < -0.39 is 0 Å². The van der Waals surface area contributed by atoms with Gasteiger partial charge in [-0.3, -0.25) is 9.20 Å². The summed E-state index contributed by atoms with van der Waals surface area (Å²) in [6, 6.07) is 5.08. The highest BCUT2D eigenvalue weighted by Gasteiger charge is 2.37. The lowest BCUT2D eigenvalue weighted by Gasteiger charge is -2.22. The van der Waals surface area contributed by atoms with E-state index in [0.717, 1.165) is 5.82 Å². The minimum atomic E-state index is -0.332. The van der Waals surface area contributed by atoms with Crippen LogP contribution in [0.2, 0.25) is 0 Å². The molecule has 25 heavy (non-hydrogen) atoms. The van der Waals surface area contributed by atoms with Gasteiger partial charge < -0.3 is 14.6 Å². The SMILES string of the molecule is CO[C@@H]1CC(c2ncc[nH]2)N(C(=O)Cn2nc3ccccn3c2=O)C1. The van der Waals surface area contributed by atoms with Crippen molar-refractivity contribution in [2.24, 2.45) is 0 Å². The molecule has 1 amide bonds. The van der Waals surface area contributed by atoms with E-state index in [1.807, 2.05) is 0 Å². The van der Waals surface area contributed by atoms with Crippen LogP contribution in [-0.4, -0.2) is 54.7 Å². The summed E-state index contributed by atoms with van der Waals surface area (Å²) in [5.74, 6) is 0.529. The molecule has 1 N–H and O–H groups in total. The summed E-state index contributed by atoms with van der Waals surface area (Å²) in [6.45, 7) is 0.344. The van der Waals surface area contributed by atoms with E-state index in [0.29, 0.717) is 18.6 Å². The number of carbonyl (C=O) groups is 1. The second-order valence-electron chi connectivity index (χ2n) is 6.00. The molecule has 0 saturated carbocycles. The van der Waals surface area contributed by atoms with Gasteiger partial charge in [0.05, 0.1) is 12.1 Å². The smallest absolute Gasteiger partial charge is 0.350 e. The number of ether oxygens (including phenoxy) is 1. The van der Waals surface area contributed by atoms with Crippen molar-refractivity contribution in [2.45, 2.75) is 25.1 Å². The number of pyridine rings is 1. The third-order valence-corrected chi connectivity index (χ3v) is 4.52. The van der Waals surface area contributed by atoms with Gasteiger partial charge in [-0.25, -0.2) is 14.5 Å². The number of carbonyl (C=O) groups excluding carboxylic acids is 1. The van der Waals surface area contributed by atoms with Gasteiger partial charge in [0.1, 0.15) is 12.4 Å². The van der Waals surface area contributed by atoms with Gasteiger partial charge >= 0.3 is 5.69 Å². The highest BCUT2D eigenvalue weighted by Crippen LogP contribution is 2.31. The van der Waals surface area contributed by atoms with Crippen molar-refractivity contribution in [3.05, 3.63) is 53.1 Å². The second kappa shape index (κ2) is 6.17. The number of amides is 1. The first-order valence-corrected chi connectivity index (χ1v) is 8.03. The van der Waals surface area contributed by atoms with E-state index in [4.69, 9.17) is 4.74 Å².